The molecule has 1 heterocycles. The summed E-state index contributed by atoms with van der Waals surface area (Å²) in [7, 11) is 1.50. The highest BCUT2D eigenvalue weighted by atomic mass is 19.1. The Hall–Kier alpha value is -2.43. The zero-order valence-corrected chi connectivity index (χ0v) is 11.2. The molecule has 0 radical (unpaired) electrons. The summed E-state index contributed by atoms with van der Waals surface area (Å²) in [6, 6.07) is 5.94. The molecule has 0 atom stereocenters. The van der Waals surface area contributed by atoms with Crippen LogP contribution in [0, 0.1) is 5.82 Å². The number of hydrogen-bond donors (Lipinski definition) is 0. The Morgan fingerprint density at radius 2 is 2.10 bits per heavy atom. The lowest BCUT2D eigenvalue weighted by molar-refractivity contribution is 0.0526. The maximum atomic E-state index is 13.9. The standard InChI is InChI=1S/C15H14FNO3/c1-3-20-15(18)11-6-10(8-17-9-11)13-7-12(19-2)4-5-14(13)16/h4-9H,3H2,1-2H3. The Labute approximate surface area is 116 Å². The Balaban J connectivity index is 2.43. The van der Waals surface area contributed by atoms with E-state index in [-0.39, 0.29) is 12.2 Å². The van der Waals surface area contributed by atoms with Gasteiger partial charge in [-0.25, -0.2) is 9.18 Å². The van der Waals surface area contributed by atoms with Gasteiger partial charge in [0.15, 0.2) is 0 Å². The van der Waals surface area contributed by atoms with Crippen LogP contribution in [-0.4, -0.2) is 24.7 Å². The molecule has 0 aliphatic rings. The molecule has 0 bridgehead atoms. The first-order valence-electron chi connectivity index (χ1n) is 6.11. The molecule has 1 aromatic carbocycles. The van der Waals surface area contributed by atoms with Crippen LogP contribution in [0.3, 0.4) is 0 Å². The van der Waals surface area contributed by atoms with Gasteiger partial charge in [0.2, 0.25) is 0 Å². The summed E-state index contributed by atoms with van der Waals surface area (Å²) in [5.74, 6) is -0.360. The second kappa shape index (κ2) is 6.14. The molecule has 2 rings (SSSR count). The Morgan fingerprint density at radius 1 is 1.30 bits per heavy atom. The van der Waals surface area contributed by atoms with Crippen molar-refractivity contribution in [3.8, 4) is 16.9 Å². The summed E-state index contributed by atoms with van der Waals surface area (Å²) < 4.78 is 23.8. The Morgan fingerprint density at radius 3 is 2.80 bits per heavy atom. The molecule has 5 heteroatoms. The molecule has 0 N–H and O–H groups in total. The van der Waals surface area contributed by atoms with Crippen LogP contribution >= 0.6 is 0 Å². The molecular formula is C15H14FNO3. The van der Waals surface area contributed by atoms with Crippen LogP contribution < -0.4 is 4.74 Å². The number of halogens is 1. The fraction of sp³-hybridized carbons (Fsp3) is 0.200. The maximum absolute atomic E-state index is 13.9. The summed E-state index contributed by atoms with van der Waals surface area (Å²) in [5, 5.41) is 0. The topological polar surface area (TPSA) is 48.4 Å². The molecule has 104 valence electrons. The smallest absolute Gasteiger partial charge is 0.339 e. The highest BCUT2D eigenvalue weighted by molar-refractivity contribution is 5.90. The van der Waals surface area contributed by atoms with Crippen LogP contribution in [0.25, 0.3) is 11.1 Å². The molecular weight excluding hydrogens is 261 g/mol. The second-order valence-electron chi connectivity index (χ2n) is 4.03. The number of ether oxygens (including phenoxy) is 2. The normalized spacial score (nSPS) is 10.2. The van der Waals surface area contributed by atoms with Crippen LogP contribution in [-0.2, 0) is 4.74 Å². The lowest BCUT2D eigenvalue weighted by atomic mass is 10.1. The van der Waals surface area contributed by atoms with Crippen LogP contribution in [0.2, 0.25) is 0 Å². The summed E-state index contributed by atoms with van der Waals surface area (Å²) >= 11 is 0. The molecule has 0 aliphatic heterocycles. The molecule has 0 amide bonds. The number of esters is 1. The van der Waals surface area contributed by atoms with Crippen molar-refractivity contribution in [1.82, 2.24) is 4.98 Å². The van der Waals surface area contributed by atoms with Gasteiger partial charge in [0.05, 0.1) is 19.3 Å². The molecule has 0 saturated heterocycles. The summed E-state index contributed by atoms with van der Waals surface area (Å²) in [5.41, 5.74) is 1.10. The number of hydrogen-bond acceptors (Lipinski definition) is 4. The third-order valence-electron chi connectivity index (χ3n) is 2.73. The third-order valence-corrected chi connectivity index (χ3v) is 2.73. The van der Waals surface area contributed by atoms with Gasteiger partial charge in [-0.3, -0.25) is 4.98 Å². The molecule has 0 unspecified atom stereocenters. The van der Waals surface area contributed by atoms with Gasteiger partial charge < -0.3 is 9.47 Å². The van der Waals surface area contributed by atoms with E-state index < -0.39 is 11.8 Å². The van der Waals surface area contributed by atoms with E-state index >= 15 is 0 Å². The first kappa shape index (κ1) is 14.0. The minimum Gasteiger partial charge on any atom is -0.497 e. The number of pyridine rings is 1. The van der Waals surface area contributed by atoms with E-state index in [9.17, 15) is 9.18 Å². The van der Waals surface area contributed by atoms with Crippen molar-refractivity contribution in [3.05, 3.63) is 48.0 Å². The number of carbonyl (C=O) groups is 1. The van der Waals surface area contributed by atoms with Crippen molar-refractivity contribution in [3.63, 3.8) is 0 Å². The zero-order valence-electron chi connectivity index (χ0n) is 11.2. The molecule has 2 aromatic rings. The van der Waals surface area contributed by atoms with Gasteiger partial charge in [0.25, 0.3) is 0 Å². The molecule has 0 fully saturated rings. The molecule has 1 aromatic heterocycles. The van der Waals surface area contributed by atoms with Gasteiger partial charge in [-0.05, 0) is 31.2 Å². The van der Waals surface area contributed by atoms with Gasteiger partial charge >= 0.3 is 5.97 Å². The quantitative estimate of drug-likeness (QED) is 0.805. The monoisotopic (exact) mass is 275 g/mol. The fourth-order valence-electron chi connectivity index (χ4n) is 1.77. The van der Waals surface area contributed by atoms with E-state index in [2.05, 4.69) is 4.98 Å². The van der Waals surface area contributed by atoms with Crippen molar-refractivity contribution in [2.75, 3.05) is 13.7 Å². The lowest BCUT2D eigenvalue weighted by Gasteiger charge is -2.07. The number of rotatable bonds is 4. The Bertz CT molecular complexity index is 628. The first-order valence-corrected chi connectivity index (χ1v) is 6.11. The predicted octanol–water partition coefficient (Wildman–Crippen LogP) is 3.07. The van der Waals surface area contributed by atoms with Crippen LogP contribution in [0.4, 0.5) is 4.39 Å². The number of benzene rings is 1. The van der Waals surface area contributed by atoms with Crippen molar-refractivity contribution >= 4 is 5.97 Å². The van der Waals surface area contributed by atoms with Crippen molar-refractivity contribution in [2.24, 2.45) is 0 Å². The van der Waals surface area contributed by atoms with Crippen LogP contribution in [0.1, 0.15) is 17.3 Å². The molecule has 0 aliphatic carbocycles. The average Bonchev–Trinajstić information content (AvgIpc) is 2.48. The summed E-state index contributed by atoms with van der Waals surface area (Å²) in [6.45, 7) is 1.99. The first-order chi connectivity index (χ1) is 9.65. The average molecular weight is 275 g/mol. The van der Waals surface area contributed by atoms with Gasteiger partial charge in [0, 0.05) is 23.5 Å². The van der Waals surface area contributed by atoms with Crippen molar-refractivity contribution in [1.29, 1.82) is 0 Å². The van der Waals surface area contributed by atoms with E-state index in [0.29, 0.717) is 16.9 Å². The van der Waals surface area contributed by atoms with E-state index in [4.69, 9.17) is 9.47 Å². The molecule has 0 spiro atoms. The number of carbonyl (C=O) groups excluding carboxylic acids is 1. The maximum Gasteiger partial charge on any atom is 0.339 e. The lowest BCUT2D eigenvalue weighted by Crippen LogP contribution is -2.05. The fourth-order valence-corrected chi connectivity index (χ4v) is 1.77. The van der Waals surface area contributed by atoms with E-state index in [0.717, 1.165) is 0 Å². The minimum atomic E-state index is -0.481. The van der Waals surface area contributed by atoms with E-state index in [1.807, 2.05) is 0 Å². The van der Waals surface area contributed by atoms with Crippen molar-refractivity contribution in [2.45, 2.75) is 6.92 Å². The van der Waals surface area contributed by atoms with Gasteiger partial charge in [0.1, 0.15) is 11.6 Å². The van der Waals surface area contributed by atoms with E-state index in [1.165, 1.54) is 31.6 Å². The molecule has 4 nitrogen and oxygen atoms in total. The summed E-state index contributed by atoms with van der Waals surface area (Å²) in [6.07, 6.45) is 2.88. The third kappa shape index (κ3) is 2.93. The molecule has 0 saturated carbocycles. The largest absolute Gasteiger partial charge is 0.497 e. The van der Waals surface area contributed by atoms with Crippen LogP contribution in [0.5, 0.6) is 5.75 Å². The second-order valence-corrected chi connectivity index (χ2v) is 4.03. The predicted molar refractivity (Wildman–Crippen MR) is 72.1 cm³/mol. The zero-order chi connectivity index (χ0) is 14.5. The van der Waals surface area contributed by atoms with Crippen LogP contribution in [0.15, 0.2) is 36.7 Å². The SMILES string of the molecule is CCOC(=O)c1cncc(-c2cc(OC)ccc2F)c1. The van der Waals surface area contributed by atoms with Gasteiger partial charge in [-0.1, -0.05) is 0 Å². The van der Waals surface area contributed by atoms with Gasteiger partial charge in [-0.2, -0.15) is 0 Å². The van der Waals surface area contributed by atoms with E-state index in [1.54, 1.807) is 19.1 Å². The number of nitrogens with zero attached hydrogens (tertiary/aromatic N) is 1. The van der Waals surface area contributed by atoms with Crippen molar-refractivity contribution < 1.29 is 18.7 Å². The molecule has 20 heavy (non-hydrogen) atoms. The summed E-state index contributed by atoms with van der Waals surface area (Å²) in [4.78, 5) is 15.6. The van der Waals surface area contributed by atoms with Gasteiger partial charge in [-0.15, -0.1) is 0 Å². The number of aromatic nitrogens is 1. The number of methoxy groups -OCH3 is 1. The minimum absolute atomic E-state index is 0.274. The highest BCUT2D eigenvalue weighted by Gasteiger charge is 2.12. The highest BCUT2D eigenvalue weighted by Crippen LogP contribution is 2.27. The Kier molecular flexibility index (Phi) is 4.30.